The lowest BCUT2D eigenvalue weighted by Gasteiger charge is -2.22. The van der Waals surface area contributed by atoms with Crippen LogP contribution in [0.15, 0.2) is 36.4 Å². The highest BCUT2D eigenvalue weighted by molar-refractivity contribution is 5.91. The molecule has 9 heteroatoms. The van der Waals surface area contributed by atoms with Crippen molar-refractivity contribution in [3.63, 3.8) is 0 Å². The number of carbonyl (C=O) groups is 1. The number of likely N-dealkylation sites (N-methyl/N-ethyl adjacent to an activating group) is 1. The van der Waals surface area contributed by atoms with Gasteiger partial charge in [-0.25, -0.2) is 4.39 Å². The first kappa shape index (κ1) is 18.7. The summed E-state index contributed by atoms with van der Waals surface area (Å²) in [7, 11) is 1.79. The number of fused-ring (bicyclic) bond motifs is 1. The SMILES string of the molecule is C[NH+](CC(=O)Nc1cccc(F)c1)Cc1cc([N+](=O)[O-])cc2c1OCOC2. The average molecular weight is 376 g/mol. The molecule has 0 bridgehead atoms. The summed E-state index contributed by atoms with van der Waals surface area (Å²) in [6, 6.07) is 8.53. The van der Waals surface area contributed by atoms with E-state index in [0.717, 1.165) is 4.90 Å². The van der Waals surface area contributed by atoms with Crippen LogP contribution in [0, 0.1) is 15.9 Å². The van der Waals surface area contributed by atoms with Crippen LogP contribution in [0.25, 0.3) is 0 Å². The smallest absolute Gasteiger partial charge is 0.279 e. The Bertz CT molecular complexity index is 874. The number of carbonyl (C=O) groups excluding carboxylic acids is 1. The summed E-state index contributed by atoms with van der Waals surface area (Å²) in [5.74, 6) is -0.158. The Morgan fingerprint density at radius 1 is 1.37 bits per heavy atom. The number of halogens is 1. The summed E-state index contributed by atoms with van der Waals surface area (Å²) >= 11 is 0. The number of hydrogen-bond donors (Lipinski definition) is 2. The fourth-order valence-electron chi connectivity index (χ4n) is 2.95. The molecule has 0 saturated heterocycles. The number of benzene rings is 2. The Morgan fingerprint density at radius 3 is 2.93 bits per heavy atom. The Labute approximate surface area is 154 Å². The van der Waals surface area contributed by atoms with Gasteiger partial charge in [-0.15, -0.1) is 0 Å². The van der Waals surface area contributed by atoms with Gasteiger partial charge in [0.1, 0.15) is 18.1 Å². The summed E-state index contributed by atoms with van der Waals surface area (Å²) in [5, 5.41) is 13.8. The fraction of sp³-hybridized carbons (Fsp3) is 0.278. The highest BCUT2D eigenvalue weighted by Gasteiger charge is 2.23. The highest BCUT2D eigenvalue weighted by Crippen LogP contribution is 2.32. The minimum atomic E-state index is -0.468. The molecule has 142 valence electrons. The Morgan fingerprint density at radius 2 is 2.19 bits per heavy atom. The second kappa shape index (κ2) is 8.11. The molecule has 0 spiro atoms. The van der Waals surface area contributed by atoms with Crippen molar-refractivity contribution in [2.45, 2.75) is 13.2 Å². The van der Waals surface area contributed by atoms with Gasteiger partial charge in [-0.1, -0.05) is 6.07 Å². The van der Waals surface area contributed by atoms with Crippen LogP contribution in [0.5, 0.6) is 5.75 Å². The largest absolute Gasteiger partial charge is 0.467 e. The van der Waals surface area contributed by atoms with Gasteiger partial charge < -0.3 is 19.7 Å². The molecular weight excluding hydrogens is 357 g/mol. The van der Waals surface area contributed by atoms with Crippen LogP contribution in [0.3, 0.4) is 0 Å². The molecule has 3 rings (SSSR count). The third kappa shape index (κ3) is 4.78. The molecule has 0 radical (unpaired) electrons. The minimum absolute atomic E-state index is 0.0464. The van der Waals surface area contributed by atoms with Gasteiger partial charge in [0, 0.05) is 23.4 Å². The summed E-state index contributed by atoms with van der Waals surface area (Å²) in [6.45, 7) is 0.769. The van der Waals surface area contributed by atoms with E-state index in [2.05, 4.69) is 5.32 Å². The first-order valence-corrected chi connectivity index (χ1v) is 8.30. The minimum Gasteiger partial charge on any atom is -0.467 e. The van der Waals surface area contributed by atoms with Crippen molar-refractivity contribution in [3.05, 3.63) is 63.5 Å². The number of ether oxygens (including phenoxy) is 2. The summed E-state index contributed by atoms with van der Waals surface area (Å²) in [4.78, 5) is 23.7. The molecule has 0 aromatic heterocycles. The van der Waals surface area contributed by atoms with E-state index in [9.17, 15) is 19.3 Å². The second-order valence-electron chi connectivity index (χ2n) is 6.33. The highest BCUT2D eigenvalue weighted by atomic mass is 19.1. The van der Waals surface area contributed by atoms with Gasteiger partial charge in [0.05, 0.1) is 24.1 Å². The Hall–Kier alpha value is -3.04. The standard InChI is InChI=1S/C18H18FN3O5/c1-21(9-17(23)20-15-4-2-3-14(19)7-15)8-12-5-16(22(24)25)6-13-10-26-11-27-18(12)13/h2-7H,8-11H2,1H3,(H,20,23)/p+1. The first-order valence-electron chi connectivity index (χ1n) is 8.30. The molecule has 1 aliphatic rings. The van der Waals surface area contributed by atoms with Gasteiger partial charge in [-0.2, -0.15) is 0 Å². The van der Waals surface area contributed by atoms with Gasteiger partial charge in [0.15, 0.2) is 13.3 Å². The lowest BCUT2D eigenvalue weighted by molar-refractivity contribution is -0.885. The molecule has 27 heavy (non-hydrogen) atoms. The first-order chi connectivity index (χ1) is 12.9. The maximum atomic E-state index is 13.2. The quantitative estimate of drug-likeness (QED) is 0.585. The number of amides is 1. The van der Waals surface area contributed by atoms with Crippen LogP contribution >= 0.6 is 0 Å². The van der Waals surface area contributed by atoms with E-state index in [4.69, 9.17) is 9.47 Å². The topological polar surface area (TPSA) is 95.1 Å². The number of non-ortho nitro benzene ring substituents is 1. The predicted octanol–water partition coefficient (Wildman–Crippen LogP) is 1.25. The average Bonchev–Trinajstić information content (AvgIpc) is 2.61. The van der Waals surface area contributed by atoms with Gasteiger partial charge >= 0.3 is 0 Å². The van der Waals surface area contributed by atoms with E-state index < -0.39 is 10.7 Å². The lowest BCUT2D eigenvalue weighted by Crippen LogP contribution is -3.08. The maximum absolute atomic E-state index is 13.2. The van der Waals surface area contributed by atoms with E-state index >= 15 is 0 Å². The van der Waals surface area contributed by atoms with Crippen molar-refractivity contribution in [2.75, 3.05) is 25.7 Å². The van der Waals surface area contributed by atoms with Gasteiger partial charge in [0.25, 0.3) is 11.6 Å². The van der Waals surface area contributed by atoms with Crippen LogP contribution in [-0.4, -0.2) is 31.2 Å². The number of nitrogens with one attached hydrogen (secondary N) is 2. The number of nitrogens with zero attached hydrogens (tertiary/aromatic N) is 1. The van der Waals surface area contributed by atoms with Crippen molar-refractivity contribution in [2.24, 2.45) is 0 Å². The number of rotatable bonds is 6. The number of nitro benzene ring substituents is 1. The third-order valence-corrected chi connectivity index (χ3v) is 4.05. The number of hydrogen-bond acceptors (Lipinski definition) is 5. The molecule has 2 N–H and O–H groups in total. The molecule has 0 saturated carbocycles. The molecule has 2 aromatic carbocycles. The zero-order valence-electron chi connectivity index (χ0n) is 14.7. The van der Waals surface area contributed by atoms with Gasteiger partial charge in [-0.05, 0) is 18.2 Å². The number of nitro groups is 1. The normalized spacial score (nSPS) is 14.0. The van der Waals surface area contributed by atoms with Crippen molar-refractivity contribution < 1.29 is 28.5 Å². The van der Waals surface area contributed by atoms with E-state index in [0.29, 0.717) is 29.1 Å². The second-order valence-corrected chi connectivity index (χ2v) is 6.33. The van der Waals surface area contributed by atoms with Crippen LogP contribution < -0.4 is 15.0 Å². The molecule has 2 aromatic rings. The number of quaternary nitrogens is 1. The molecule has 1 heterocycles. The molecule has 1 aliphatic heterocycles. The predicted molar refractivity (Wildman–Crippen MR) is 93.9 cm³/mol. The third-order valence-electron chi connectivity index (χ3n) is 4.05. The van der Waals surface area contributed by atoms with E-state index in [1.165, 1.54) is 30.3 Å². The lowest BCUT2D eigenvalue weighted by atomic mass is 10.1. The van der Waals surface area contributed by atoms with Crippen LogP contribution in [-0.2, 0) is 22.7 Å². The van der Waals surface area contributed by atoms with Gasteiger partial charge in [-0.3, -0.25) is 14.9 Å². The molecule has 8 nitrogen and oxygen atoms in total. The van der Waals surface area contributed by atoms with Crippen molar-refractivity contribution >= 4 is 17.3 Å². The van der Waals surface area contributed by atoms with Crippen molar-refractivity contribution in [1.29, 1.82) is 0 Å². The summed E-state index contributed by atoms with van der Waals surface area (Å²) in [6.07, 6.45) is 0. The molecule has 1 atom stereocenters. The van der Waals surface area contributed by atoms with E-state index in [1.807, 2.05) is 0 Å². The molecule has 1 unspecified atom stereocenters. The summed E-state index contributed by atoms with van der Waals surface area (Å²) in [5.41, 5.74) is 1.58. The summed E-state index contributed by atoms with van der Waals surface area (Å²) < 4.78 is 23.9. The maximum Gasteiger partial charge on any atom is 0.279 e. The monoisotopic (exact) mass is 376 g/mol. The van der Waals surface area contributed by atoms with Gasteiger partial charge in [0.2, 0.25) is 0 Å². The van der Waals surface area contributed by atoms with Crippen molar-refractivity contribution in [1.82, 2.24) is 0 Å². The Kier molecular flexibility index (Phi) is 5.63. The van der Waals surface area contributed by atoms with E-state index in [-0.39, 0.29) is 31.5 Å². The van der Waals surface area contributed by atoms with Crippen LogP contribution in [0.4, 0.5) is 15.8 Å². The zero-order valence-corrected chi connectivity index (χ0v) is 14.7. The Balaban J connectivity index is 1.69. The van der Waals surface area contributed by atoms with Crippen molar-refractivity contribution in [3.8, 4) is 5.75 Å². The van der Waals surface area contributed by atoms with Crippen LogP contribution in [0.2, 0.25) is 0 Å². The zero-order chi connectivity index (χ0) is 19.4. The molecular formula is C18H19FN3O5+. The molecule has 1 amide bonds. The fourth-order valence-corrected chi connectivity index (χ4v) is 2.95. The van der Waals surface area contributed by atoms with E-state index in [1.54, 1.807) is 13.1 Å². The van der Waals surface area contributed by atoms with Crippen LogP contribution in [0.1, 0.15) is 11.1 Å². The molecule has 0 fully saturated rings. The molecule has 0 aliphatic carbocycles. The number of anilines is 1.